The van der Waals surface area contributed by atoms with E-state index in [1.54, 1.807) is 0 Å². The van der Waals surface area contributed by atoms with E-state index in [9.17, 15) is 24.0 Å². The van der Waals surface area contributed by atoms with E-state index in [1.165, 1.54) is 20.8 Å². The van der Waals surface area contributed by atoms with Gasteiger partial charge < -0.3 is 23.7 Å². The SMILES string of the molecule is C=C(C)C(=O)OCCOC(=O)C1CCCCC1(OC(=O)C(=C)C)C(=O)OCCOC(=O)C(=C)C. The molecule has 0 aliphatic heterocycles. The molecule has 0 heterocycles. The van der Waals surface area contributed by atoms with Crippen molar-refractivity contribution in [3.05, 3.63) is 36.5 Å². The molecule has 1 aliphatic rings. The lowest BCUT2D eigenvalue weighted by Crippen LogP contribution is -2.55. The quantitative estimate of drug-likeness (QED) is 0.177. The molecule has 2 unspecified atom stereocenters. The van der Waals surface area contributed by atoms with Crippen molar-refractivity contribution in [1.29, 1.82) is 0 Å². The van der Waals surface area contributed by atoms with Crippen LogP contribution in [0, 0.1) is 5.92 Å². The van der Waals surface area contributed by atoms with E-state index >= 15 is 0 Å². The van der Waals surface area contributed by atoms with Crippen molar-refractivity contribution >= 4 is 29.8 Å². The Kier molecular flexibility index (Phi) is 11.2. The second-order valence-electron chi connectivity index (χ2n) is 7.99. The number of hydrogen-bond acceptors (Lipinski definition) is 10. The lowest BCUT2D eigenvalue weighted by atomic mass is 9.75. The Morgan fingerprint density at radius 1 is 0.706 bits per heavy atom. The zero-order valence-corrected chi connectivity index (χ0v) is 19.9. The van der Waals surface area contributed by atoms with Crippen molar-refractivity contribution in [3.8, 4) is 0 Å². The van der Waals surface area contributed by atoms with Gasteiger partial charge in [-0.25, -0.2) is 19.2 Å². The first-order valence-electron chi connectivity index (χ1n) is 10.8. The van der Waals surface area contributed by atoms with Crippen LogP contribution in [0.5, 0.6) is 0 Å². The molecule has 0 aromatic rings. The van der Waals surface area contributed by atoms with Crippen LogP contribution in [-0.2, 0) is 47.7 Å². The summed E-state index contributed by atoms with van der Waals surface area (Å²) in [6.45, 7) is 13.7. The molecule has 1 rings (SSSR count). The van der Waals surface area contributed by atoms with Gasteiger partial charge in [0.15, 0.2) is 0 Å². The third-order valence-electron chi connectivity index (χ3n) is 4.91. The highest BCUT2D eigenvalue weighted by Crippen LogP contribution is 2.39. The molecule has 0 radical (unpaired) electrons. The summed E-state index contributed by atoms with van der Waals surface area (Å²) >= 11 is 0. The number of carbonyl (C=O) groups excluding carboxylic acids is 5. The topological polar surface area (TPSA) is 132 Å². The van der Waals surface area contributed by atoms with Crippen molar-refractivity contribution in [3.63, 3.8) is 0 Å². The molecule has 0 aromatic carbocycles. The van der Waals surface area contributed by atoms with Crippen LogP contribution in [-0.4, -0.2) is 61.9 Å². The van der Waals surface area contributed by atoms with Gasteiger partial charge in [0.25, 0.3) is 0 Å². The van der Waals surface area contributed by atoms with E-state index < -0.39 is 41.4 Å². The monoisotopic (exact) mass is 480 g/mol. The smallest absolute Gasteiger partial charge is 0.351 e. The molecule has 10 nitrogen and oxygen atoms in total. The van der Waals surface area contributed by atoms with Crippen molar-refractivity contribution in [2.45, 2.75) is 52.1 Å². The van der Waals surface area contributed by atoms with Crippen LogP contribution in [0.25, 0.3) is 0 Å². The third-order valence-corrected chi connectivity index (χ3v) is 4.91. The second-order valence-corrected chi connectivity index (χ2v) is 7.99. The van der Waals surface area contributed by atoms with Gasteiger partial charge in [-0.15, -0.1) is 0 Å². The van der Waals surface area contributed by atoms with E-state index in [0.717, 1.165) is 0 Å². The lowest BCUT2D eigenvalue weighted by molar-refractivity contribution is -0.199. The zero-order chi connectivity index (χ0) is 25.9. The van der Waals surface area contributed by atoms with Gasteiger partial charge >= 0.3 is 29.8 Å². The summed E-state index contributed by atoms with van der Waals surface area (Å²) in [5.74, 6) is -5.04. The predicted molar refractivity (Wildman–Crippen MR) is 119 cm³/mol. The van der Waals surface area contributed by atoms with E-state index in [4.69, 9.17) is 23.7 Å². The summed E-state index contributed by atoms with van der Waals surface area (Å²) in [6.07, 6.45) is 1.30. The Bertz CT molecular complexity index is 856. The molecule has 10 heteroatoms. The summed E-state index contributed by atoms with van der Waals surface area (Å²) in [5.41, 5.74) is -1.52. The van der Waals surface area contributed by atoms with Gasteiger partial charge in [-0.2, -0.15) is 0 Å². The maximum atomic E-state index is 13.1. The first-order chi connectivity index (χ1) is 15.9. The average Bonchev–Trinajstić information content (AvgIpc) is 2.78. The largest absolute Gasteiger partial charge is 0.462 e. The van der Waals surface area contributed by atoms with Gasteiger partial charge in [0.05, 0.1) is 0 Å². The molecule has 0 N–H and O–H groups in total. The Balaban J connectivity index is 2.94. The van der Waals surface area contributed by atoms with Gasteiger partial charge in [-0.3, -0.25) is 4.79 Å². The minimum Gasteiger partial charge on any atom is -0.462 e. The normalized spacial score (nSPS) is 19.2. The highest BCUT2D eigenvalue weighted by molar-refractivity contribution is 5.94. The second kappa shape index (κ2) is 13.3. The van der Waals surface area contributed by atoms with Crippen LogP contribution < -0.4 is 0 Å². The molecule has 1 aliphatic carbocycles. The summed E-state index contributed by atoms with van der Waals surface area (Å²) in [7, 11) is 0. The molecule has 34 heavy (non-hydrogen) atoms. The van der Waals surface area contributed by atoms with Crippen molar-refractivity contribution < 1.29 is 47.7 Å². The molecule has 0 bridgehead atoms. The van der Waals surface area contributed by atoms with Gasteiger partial charge in [0.2, 0.25) is 5.60 Å². The van der Waals surface area contributed by atoms with Gasteiger partial charge in [-0.05, 0) is 40.0 Å². The molecule has 188 valence electrons. The van der Waals surface area contributed by atoms with Crippen LogP contribution in [0.2, 0.25) is 0 Å². The number of esters is 5. The predicted octanol–water partition coefficient (Wildman–Crippen LogP) is 2.36. The van der Waals surface area contributed by atoms with Crippen molar-refractivity contribution in [2.24, 2.45) is 5.92 Å². The fourth-order valence-electron chi connectivity index (χ4n) is 3.13. The first kappa shape index (κ1) is 28.6. The van der Waals surface area contributed by atoms with Crippen LogP contribution in [0.3, 0.4) is 0 Å². The molecular weight excluding hydrogens is 448 g/mol. The average molecular weight is 481 g/mol. The van der Waals surface area contributed by atoms with Crippen molar-refractivity contribution in [2.75, 3.05) is 26.4 Å². The van der Waals surface area contributed by atoms with Crippen LogP contribution in [0.4, 0.5) is 0 Å². The van der Waals surface area contributed by atoms with Crippen LogP contribution in [0.15, 0.2) is 36.5 Å². The molecule has 2 atom stereocenters. The highest BCUT2D eigenvalue weighted by atomic mass is 16.6. The molecular formula is C24H32O10. The van der Waals surface area contributed by atoms with Gasteiger partial charge in [-0.1, -0.05) is 26.2 Å². The van der Waals surface area contributed by atoms with Crippen LogP contribution in [0.1, 0.15) is 46.5 Å². The summed E-state index contributed by atoms with van der Waals surface area (Å²) in [5, 5.41) is 0. The fraction of sp³-hybridized carbons (Fsp3) is 0.542. The standard InChI is InChI=1S/C24H32O10/c1-15(2)19(25)30-11-12-32-22(28)18-9-7-8-10-24(18,34-21(27)17(5)6)23(29)33-14-13-31-20(26)16(3)4/h18H,1,3,5,7-14H2,2,4,6H3. The maximum Gasteiger partial charge on any atom is 0.351 e. The third kappa shape index (κ3) is 8.17. The lowest BCUT2D eigenvalue weighted by Gasteiger charge is -2.39. The first-order valence-corrected chi connectivity index (χ1v) is 10.8. The molecule has 1 saturated carbocycles. The summed E-state index contributed by atoms with van der Waals surface area (Å²) in [4.78, 5) is 61.2. The molecule has 0 spiro atoms. The fourth-order valence-corrected chi connectivity index (χ4v) is 3.13. The number of rotatable bonds is 12. The van der Waals surface area contributed by atoms with E-state index in [1.807, 2.05) is 0 Å². The van der Waals surface area contributed by atoms with Crippen molar-refractivity contribution in [1.82, 2.24) is 0 Å². The van der Waals surface area contributed by atoms with Gasteiger partial charge in [0, 0.05) is 16.7 Å². The molecule has 0 aromatic heterocycles. The number of carbonyl (C=O) groups is 5. The Morgan fingerprint density at radius 3 is 1.68 bits per heavy atom. The van der Waals surface area contributed by atoms with E-state index in [-0.39, 0.29) is 56.0 Å². The minimum absolute atomic E-state index is 0.0286. The maximum absolute atomic E-state index is 13.1. The molecule has 0 amide bonds. The number of hydrogen-bond donors (Lipinski definition) is 0. The number of ether oxygens (including phenoxy) is 5. The Morgan fingerprint density at radius 2 is 1.18 bits per heavy atom. The molecule has 1 fully saturated rings. The van der Waals surface area contributed by atoms with Gasteiger partial charge in [0.1, 0.15) is 32.3 Å². The summed E-state index contributed by atoms with van der Waals surface area (Å²) in [6, 6.07) is 0. The zero-order valence-electron chi connectivity index (χ0n) is 19.9. The Hall–Kier alpha value is -3.43. The minimum atomic E-state index is -1.93. The van der Waals surface area contributed by atoms with Crippen LogP contribution >= 0.6 is 0 Å². The highest BCUT2D eigenvalue weighted by Gasteiger charge is 2.56. The van der Waals surface area contributed by atoms with E-state index in [0.29, 0.717) is 12.8 Å². The van der Waals surface area contributed by atoms with E-state index in [2.05, 4.69) is 19.7 Å². The Labute approximate surface area is 198 Å². The summed E-state index contributed by atoms with van der Waals surface area (Å²) < 4.78 is 25.7. The molecule has 0 saturated heterocycles.